The molecular formula is C15H22BrN. The van der Waals surface area contributed by atoms with Gasteiger partial charge in [-0.2, -0.15) is 0 Å². The van der Waals surface area contributed by atoms with Gasteiger partial charge in [-0.1, -0.05) is 40.2 Å². The third kappa shape index (κ3) is 7.35. The molecule has 17 heavy (non-hydrogen) atoms. The van der Waals surface area contributed by atoms with E-state index in [1.165, 1.54) is 5.56 Å². The van der Waals surface area contributed by atoms with Crippen molar-refractivity contribution in [3.63, 3.8) is 0 Å². The molecule has 94 valence electrons. The molecule has 0 atom stereocenters. The van der Waals surface area contributed by atoms with Gasteiger partial charge in [0, 0.05) is 10.0 Å². The standard InChI is InChI=1S/C15H22BrN/c1-15(2,3)17-11-6-4-5-8-13-9-7-10-14(16)12-13/h4-5,7,9-10,12,17H,6,8,11H2,1-3H3. The van der Waals surface area contributed by atoms with Crippen LogP contribution >= 0.6 is 15.9 Å². The highest BCUT2D eigenvalue weighted by Gasteiger charge is 2.05. The van der Waals surface area contributed by atoms with Crippen molar-refractivity contribution in [3.05, 3.63) is 46.5 Å². The Morgan fingerprint density at radius 1 is 1.24 bits per heavy atom. The first-order chi connectivity index (χ1) is 7.97. The molecule has 0 bridgehead atoms. The highest BCUT2D eigenvalue weighted by molar-refractivity contribution is 9.10. The maximum Gasteiger partial charge on any atom is 0.0178 e. The highest BCUT2D eigenvalue weighted by atomic mass is 79.9. The van der Waals surface area contributed by atoms with Crippen molar-refractivity contribution in [2.24, 2.45) is 0 Å². The minimum absolute atomic E-state index is 0.220. The number of nitrogens with one attached hydrogen (secondary N) is 1. The van der Waals surface area contributed by atoms with Crippen molar-refractivity contribution in [2.75, 3.05) is 6.54 Å². The largest absolute Gasteiger partial charge is 0.312 e. The first kappa shape index (κ1) is 14.5. The molecule has 2 heteroatoms. The van der Waals surface area contributed by atoms with E-state index < -0.39 is 0 Å². The number of hydrogen-bond donors (Lipinski definition) is 1. The van der Waals surface area contributed by atoms with Crippen LogP contribution in [0.1, 0.15) is 32.8 Å². The van der Waals surface area contributed by atoms with Gasteiger partial charge in [-0.3, -0.25) is 0 Å². The SMILES string of the molecule is CC(C)(C)NCCC=CCc1cccc(Br)c1. The summed E-state index contributed by atoms with van der Waals surface area (Å²) in [5, 5.41) is 3.47. The van der Waals surface area contributed by atoms with E-state index in [-0.39, 0.29) is 5.54 Å². The van der Waals surface area contributed by atoms with Crippen LogP contribution in [0.15, 0.2) is 40.9 Å². The molecule has 0 unspecified atom stereocenters. The van der Waals surface area contributed by atoms with E-state index in [4.69, 9.17) is 0 Å². The van der Waals surface area contributed by atoms with Crippen molar-refractivity contribution in [2.45, 2.75) is 39.2 Å². The lowest BCUT2D eigenvalue weighted by Gasteiger charge is -2.19. The quantitative estimate of drug-likeness (QED) is 0.630. The van der Waals surface area contributed by atoms with E-state index in [9.17, 15) is 0 Å². The maximum atomic E-state index is 3.48. The van der Waals surface area contributed by atoms with Crippen molar-refractivity contribution in [3.8, 4) is 0 Å². The molecule has 1 rings (SSSR count). The lowest BCUT2D eigenvalue weighted by molar-refractivity contribution is 0.431. The average Bonchev–Trinajstić information content (AvgIpc) is 2.22. The molecule has 0 aliphatic carbocycles. The van der Waals surface area contributed by atoms with Crippen LogP contribution in [0.4, 0.5) is 0 Å². The number of rotatable bonds is 5. The van der Waals surface area contributed by atoms with E-state index in [2.05, 4.69) is 78.4 Å². The normalized spacial score (nSPS) is 12.2. The molecule has 0 aliphatic heterocycles. The Balaban J connectivity index is 2.22. The Morgan fingerprint density at radius 2 is 2.00 bits per heavy atom. The van der Waals surface area contributed by atoms with Gasteiger partial charge in [0.1, 0.15) is 0 Å². The van der Waals surface area contributed by atoms with Gasteiger partial charge in [-0.05, 0) is 57.9 Å². The molecule has 0 fully saturated rings. The molecule has 0 saturated carbocycles. The van der Waals surface area contributed by atoms with Crippen LogP contribution in [-0.2, 0) is 6.42 Å². The van der Waals surface area contributed by atoms with E-state index in [1.54, 1.807) is 0 Å². The molecule has 1 aromatic carbocycles. The summed E-state index contributed by atoms with van der Waals surface area (Å²) in [6, 6.07) is 8.45. The van der Waals surface area contributed by atoms with Crippen LogP contribution in [0.3, 0.4) is 0 Å². The molecular weight excluding hydrogens is 274 g/mol. The van der Waals surface area contributed by atoms with Gasteiger partial charge in [0.05, 0.1) is 0 Å². The lowest BCUT2D eigenvalue weighted by Crippen LogP contribution is -2.36. The zero-order chi connectivity index (χ0) is 12.7. The Bertz CT molecular complexity index is 363. The van der Waals surface area contributed by atoms with Crippen molar-refractivity contribution < 1.29 is 0 Å². The summed E-state index contributed by atoms with van der Waals surface area (Å²) >= 11 is 3.48. The topological polar surface area (TPSA) is 12.0 Å². The molecule has 0 radical (unpaired) electrons. The second-order valence-electron chi connectivity index (χ2n) is 5.27. The van der Waals surface area contributed by atoms with Gasteiger partial charge in [0.2, 0.25) is 0 Å². The van der Waals surface area contributed by atoms with Gasteiger partial charge in [0.25, 0.3) is 0 Å². The van der Waals surface area contributed by atoms with Crippen LogP contribution in [-0.4, -0.2) is 12.1 Å². The summed E-state index contributed by atoms with van der Waals surface area (Å²) < 4.78 is 1.15. The second kappa shape index (κ2) is 6.97. The fourth-order valence-corrected chi connectivity index (χ4v) is 1.98. The van der Waals surface area contributed by atoms with Gasteiger partial charge in [0.15, 0.2) is 0 Å². The molecule has 0 aromatic heterocycles. The minimum atomic E-state index is 0.220. The summed E-state index contributed by atoms with van der Waals surface area (Å²) in [6.45, 7) is 7.62. The molecule has 1 nitrogen and oxygen atoms in total. The summed E-state index contributed by atoms with van der Waals surface area (Å²) in [7, 11) is 0. The first-order valence-electron chi connectivity index (χ1n) is 6.12. The van der Waals surface area contributed by atoms with Crippen molar-refractivity contribution in [1.29, 1.82) is 0 Å². The van der Waals surface area contributed by atoms with Crippen LogP contribution in [0.2, 0.25) is 0 Å². The highest BCUT2D eigenvalue weighted by Crippen LogP contribution is 2.12. The number of hydrogen-bond acceptors (Lipinski definition) is 1. The van der Waals surface area contributed by atoms with E-state index in [1.807, 2.05) is 0 Å². The number of benzene rings is 1. The monoisotopic (exact) mass is 295 g/mol. The van der Waals surface area contributed by atoms with Crippen molar-refractivity contribution in [1.82, 2.24) is 5.32 Å². The zero-order valence-electron chi connectivity index (χ0n) is 11.0. The number of allylic oxidation sites excluding steroid dienone is 1. The van der Waals surface area contributed by atoms with Gasteiger partial charge < -0.3 is 5.32 Å². The van der Waals surface area contributed by atoms with E-state index in [0.717, 1.165) is 23.9 Å². The molecule has 0 amide bonds. The summed E-state index contributed by atoms with van der Waals surface area (Å²) in [6.07, 6.45) is 6.59. The third-order valence-corrected chi connectivity index (χ3v) is 2.87. The smallest absolute Gasteiger partial charge is 0.0178 e. The van der Waals surface area contributed by atoms with Crippen LogP contribution in [0, 0.1) is 0 Å². The summed E-state index contributed by atoms with van der Waals surface area (Å²) in [5.41, 5.74) is 1.57. The number of halogens is 1. The molecule has 0 heterocycles. The molecule has 0 spiro atoms. The van der Waals surface area contributed by atoms with Crippen LogP contribution in [0.25, 0.3) is 0 Å². The molecule has 1 N–H and O–H groups in total. The molecule has 0 aliphatic rings. The third-order valence-electron chi connectivity index (χ3n) is 2.38. The Morgan fingerprint density at radius 3 is 2.65 bits per heavy atom. The maximum absolute atomic E-state index is 3.48. The zero-order valence-corrected chi connectivity index (χ0v) is 12.5. The van der Waals surface area contributed by atoms with E-state index in [0.29, 0.717) is 0 Å². The van der Waals surface area contributed by atoms with Gasteiger partial charge in [-0.25, -0.2) is 0 Å². The first-order valence-corrected chi connectivity index (χ1v) is 6.91. The van der Waals surface area contributed by atoms with Crippen LogP contribution < -0.4 is 5.32 Å². The van der Waals surface area contributed by atoms with Crippen LogP contribution in [0.5, 0.6) is 0 Å². The Labute approximate surface area is 113 Å². The molecule has 1 aromatic rings. The minimum Gasteiger partial charge on any atom is -0.312 e. The van der Waals surface area contributed by atoms with Gasteiger partial charge in [-0.15, -0.1) is 0 Å². The average molecular weight is 296 g/mol. The fraction of sp³-hybridized carbons (Fsp3) is 0.467. The van der Waals surface area contributed by atoms with Crippen molar-refractivity contribution >= 4 is 15.9 Å². The Kier molecular flexibility index (Phi) is 5.93. The Hall–Kier alpha value is -0.600. The predicted molar refractivity (Wildman–Crippen MR) is 79.4 cm³/mol. The van der Waals surface area contributed by atoms with E-state index >= 15 is 0 Å². The lowest BCUT2D eigenvalue weighted by atomic mass is 10.1. The summed E-state index contributed by atoms with van der Waals surface area (Å²) in [5.74, 6) is 0. The summed E-state index contributed by atoms with van der Waals surface area (Å²) in [4.78, 5) is 0. The second-order valence-corrected chi connectivity index (χ2v) is 6.19. The fourth-order valence-electron chi connectivity index (χ4n) is 1.53. The van der Waals surface area contributed by atoms with Gasteiger partial charge >= 0.3 is 0 Å². The molecule has 0 saturated heterocycles. The predicted octanol–water partition coefficient (Wildman–Crippen LogP) is 4.33.